The summed E-state index contributed by atoms with van der Waals surface area (Å²) in [7, 11) is 0. The highest BCUT2D eigenvalue weighted by molar-refractivity contribution is 5.83. The van der Waals surface area contributed by atoms with E-state index in [1.165, 1.54) is 0 Å². The third-order valence-electron chi connectivity index (χ3n) is 3.78. The Morgan fingerprint density at radius 2 is 1.77 bits per heavy atom. The monoisotopic (exact) mass is 344 g/mol. The summed E-state index contributed by atoms with van der Waals surface area (Å²) < 4.78 is 5.69. The van der Waals surface area contributed by atoms with E-state index < -0.39 is 0 Å². The fourth-order valence-electron chi connectivity index (χ4n) is 2.55. The minimum absolute atomic E-state index is 0.102. The molecule has 3 rings (SSSR count). The molecule has 0 saturated heterocycles. The van der Waals surface area contributed by atoms with Gasteiger partial charge >= 0.3 is 0 Å². The van der Waals surface area contributed by atoms with Crippen molar-refractivity contribution in [3.8, 4) is 16.9 Å². The molecule has 130 valence electrons. The number of rotatable bonds is 6. The lowest BCUT2D eigenvalue weighted by Crippen LogP contribution is -2.24. The first kappa shape index (κ1) is 17.4. The predicted octanol–water partition coefficient (Wildman–Crippen LogP) is 4.19. The summed E-state index contributed by atoms with van der Waals surface area (Å²) in [4.78, 5) is 12.0. The number of benzene rings is 3. The molecule has 26 heavy (non-hydrogen) atoms. The first-order chi connectivity index (χ1) is 12.7. The van der Waals surface area contributed by atoms with E-state index in [1.54, 1.807) is 6.21 Å². The minimum Gasteiger partial charge on any atom is -0.483 e. The summed E-state index contributed by atoms with van der Waals surface area (Å²) in [5.74, 6) is 0.355. The van der Waals surface area contributed by atoms with Crippen molar-refractivity contribution < 1.29 is 9.53 Å². The molecule has 0 saturated carbocycles. The van der Waals surface area contributed by atoms with E-state index in [-0.39, 0.29) is 12.5 Å². The number of hydrogen-bond donors (Lipinski definition) is 1. The predicted molar refractivity (Wildman–Crippen MR) is 104 cm³/mol. The Kier molecular flexibility index (Phi) is 5.78. The second-order valence-electron chi connectivity index (χ2n) is 5.86. The van der Waals surface area contributed by atoms with Crippen LogP contribution in [0.1, 0.15) is 11.1 Å². The largest absolute Gasteiger partial charge is 0.483 e. The number of hydrazone groups is 1. The fourth-order valence-corrected chi connectivity index (χ4v) is 2.55. The summed E-state index contributed by atoms with van der Waals surface area (Å²) in [5, 5.41) is 3.97. The van der Waals surface area contributed by atoms with E-state index in [0.717, 1.165) is 22.3 Å². The highest BCUT2D eigenvalue weighted by Crippen LogP contribution is 2.29. The standard InChI is InChI=1S/C22H20N2O2/c1-17-8-7-9-18(14-17)15-23-24-22(25)16-26-21-13-6-5-12-20(21)19-10-3-2-4-11-19/h2-15H,16H2,1H3,(H,24,25). The Morgan fingerprint density at radius 3 is 2.58 bits per heavy atom. The Hall–Kier alpha value is -3.40. The van der Waals surface area contributed by atoms with Crippen LogP contribution in [0.15, 0.2) is 84.0 Å². The maximum absolute atomic E-state index is 12.0. The van der Waals surface area contributed by atoms with E-state index in [0.29, 0.717) is 5.75 Å². The molecule has 4 nitrogen and oxygen atoms in total. The van der Waals surface area contributed by atoms with Gasteiger partial charge < -0.3 is 4.74 Å². The number of nitrogens with one attached hydrogen (secondary N) is 1. The minimum atomic E-state index is -0.309. The van der Waals surface area contributed by atoms with Gasteiger partial charge in [0.15, 0.2) is 6.61 Å². The zero-order chi connectivity index (χ0) is 18.2. The molecular formula is C22H20N2O2. The summed E-state index contributed by atoms with van der Waals surface area (Å²) in [5.41, 5.74) is 6.55. The molecule has 0 radical (unpaired) electrons. The third-order valence-corrected chi connectivity index (χ3v) is 3.78. The fraction of sp³-hybridized carbons (Fsp3) is 0.0909. The Bertz CT molecular complexity index is 905. The number of para-hydroxylation sites is 1. The van der Waals surface area contributed by atoms with Gasteiger partial charge in [-0.05, 0) is 24.1 Å². The maximum Gasteiger partial charge on any atom is 0.277 e. The molecule has 0 bridgehead atoms. The highest BCUT2D eigenvalue weighted by Gasteiger charge is 2.07. The van der Waals surface area contributed by atoms with Gasteiger partial charge in [-0.3, -0.25) is 4.79 Å². The van der Waals surface area contributed by atoms with Gasteiger partial charge in [0.05, 0.1) is 6.21 Å². The van der Waals surface area contributed by atoms with Crippen molar-refractivity contribution in [2.45, 2.75) is 6.92 Å². The summed E-state index contributed by atoms with van der Waals surface area (Å²) in [6, 6.07) is 25.4. The van der Waals surface area contributed by atoms with Crippen molar-refractivity contribution in [2.24, 2.45) is 5.10 Å². The highest BCUT2D eigenvalue weighted by atomic mass is 16.5. The molecular weight excluding hydrogens is 324 g/mol. The van der Waals surface area contributed by atoms with Crippen LogP contribution in [0.4, 0.5) is 0 Å². The summed E-state index contributed by atoms with van der Waals surface area (Å²) in [6.45, 7) is 1.91. The van der Waals surface area contributed by atoms with E-state index in [9.17, 15) is 4.79 Å². The molecule has 0 aliphatic rings. The van der Waals surface area contributed by atoms with E-state index in [1.807, 2.05) is 85.8 Å². The van der Waals surface area contributed by atoms with Crippen LogP contribution in [0.2, 0.25) is 0 Å². The zero-order valence-electron chi connectivity index (χ0n) is 14.6. The van der Waals surface area contributed by atoms with Crippen LogP contribution < -0.4 is 10.2 Å². The summed E-state index contributed by atoms with van der Waals surface area (Å²) in [6.07, 6.45) is 1.61. The molecule has 0 heterocycles. The van der Waals surface area contributed by atoms with Gasteiger partial charge in [0.1, 0.15) is 5.75 Å². The Balaban J connectivity index is 1.58. The number of nitrogens with zero attached hydrogens (tertiary/aromatic N) is 1. The normalized spacial score (nSPS) is 10.7. The van der Waals surface area contributed by atoms with Crippen molar-refractivity contribution in [3.05, 3.63) is 90.0 Å². The van der Waals surface area contributed by atoms with Crippen molar-refractivity contribution >= 4 is 12.1 Å². The Labute approximate surface area is 153 Å². The second-order valence-corrected chi connectivity index (χ2v) is 5.86. The van der Waals surface area contributed by atoms with E-state index >= 15 is 0 Å². The molecule has 0 spiro atoms. The van der Waals surface area contributed by atoms with Crippen LogP contribution in [0.3, 0.4) is 0 Å². The average Bonchev–Trinajstić information content (AvgIpc) is 2.67. The first-order valence-corrected chi connectivity index (χ1v) is 8.38. The maximum atomic E-state index is 12.0. The lowest BCUT2D eigenvalue weighted by atomic mass is 10.1. The number of aryl methyl sites for hydroxylation is 1. The van der Waals surface area contributed by atoms with Crippen molar-refractivity contribution in [3.63, 3.8) is 0 Å². The molecule has 1 amide bonds. The summed E-state index contributed by atoms with van der Waals surface area (Å²) >= 11 is 0. The second kappa shape index (κ2) is 8.62. The average molecular weight is 344 g/mol. The Morgan fingerprint density at radius 1 is 1.00 bits per heavy atom. The third kappa shape index (κ3) is 4.80. The van der Waals surface area contributed by atoms with Crippen LogP contribution in [0.5, 0.6) is 5.75 Å². The molecule has 0 atom stereocenters. The quantitative estimate of drug-likeness (QED) is 0.538. The van der Waals surface area contributed by atoms with Gasteiger partial charge in [0.2, 0.25) is 0 Å². The number of carbonyl (C=O) groups excluding carboxylic acids is 1. The molecule has 3 aromatic rings. The van der Waals surface area contributed by atoms with Gasteiger partial charge in [-0.2, -0.15) is 5.10 Å². The molecule has 0 unspecified atom stereocenters. The van der Waals surface area contributed by atoms with Gasteiger partial charge in [-0.15, -0.1) is 0 Å². The van der Waals surface area contributed by atoms with E-state index in [2.05, 4.69) is 10.5 Å². The molecule has 3 aromatic carbocycles. The van der Waals surface area contributed by atoms with Crippen LogP contribution >= 0.6 is 0 Å². The van der Waals surface area contributed by atoms with Gasteiger partial charge in [-0.1, -0.05) is 78.4 Å². The topological polar surface area (TPSA) is 50.7 Å². The van der Waals surface area contributed by atoms with Gasteiger partial charge in [0.25, 0.3) is 5.91 Å². The van der Waals surface area contributed by atoms with Crippen LogP contribution in [0, 0.1) is 6.92 Å². The van der Waals surface area contributed by atoms with Crippen molar-refractivity contribution in [1.82, 2.24) is 5.43 Å². The van der Waals surface area contributed by atoms with E-state index in [4.69, 9.17) is 4.74 Å². The van der Waals surface area contributed by atoms with Crippen LogP contribution in [0.25, 0.3) is 11.1 Å². The molecule has 0 aromatic heterocycles. The zero-order valence-corrected chi connectivity index (χ0v) is 14.6. The van der Waals surface area contributed by atoms with Crippen molar-refractivity contribution in [2.75, 3.05) is 6.61 Å². The first-order valence-electron chi connectivity index (χ1n) is 8.38. The molecule has 0 fully saturated rings. The van der Waals surface area contributed by atoms with Gasteiger partial charge in [-0.25, -0.2) is 5.43 Å². The van der Waals surface area contributed by atoms with Crippen molar-refractivity contribution in [1.29, 1.82) is 0 Å². The SMILES string of the molecule is Cc1cccc(C=NNC(=O)COc2ccccc2-c2ccccc2)c1. The molecule has 4 heteroatoms. The lowest BCUT2D eigenvalue weighted by Gasteiger charge is -2.10. The molecule has 1 N–H and O–H groups in total. The van der Waals surface area contributed by atoms with Crippen LogP contribution in [-0.4, -0.2) is 18.7 Å². The molecule has 0 aliphatic carbocycles. The number of ether oxygens (including phenoxy) is 1. The number of carbonyl (C=O) groups is 1. The number of amides is 1. The molecule has 0 aliphatic heterocycles. The van der Waals surface area contributed by atoms with Gasteiger partial charge in [0, 0.05) is 5.56 Å². The smallest absolute Gasteiger partial charge is 0.277 e. The van der Waals surface area contributed by atoms with Crippen LogP contribution in [-0.2, 0) is 4.79 Å². The lowest BCUT2D eigenvalue weighted by molar-refractivity contribution is -0.123. The number of hydrogen-bond acceptors (Lipinski definition) is 3.